The smallest absolute Gasteiger partial charge is 0.0943 e. The van der Waals surface area contributed by atoms with Crippen LogP contribution in [0.25, 0.3) is 0 Å². The molecule has 0 aliphatic carbocycles. The normalized spacial score (nSPS) is 30.7. The molecule has 3 heterocycles. The van der Waals surface area contributed by atoms with E-state index in [1.54, 1.807) is 0 Å². The third-order valence-corrected chi connectivity index (χ3v) is 6.41. The molecule has 4 heteroatoms. The molecule has 2 aliphatic heterocycles. The topological polar surface area (TPSA) is 28.2 Å². The number of hydrogen-bond donors (Lipinski definition) is 1. The van der Waals surface area contributed by atoms with Crippen molar-refractivity contribution in [2.24, 2.45) is 5.92 Å². The van der Waals surface area contributed by atoms with Gasteiger partial charge in [-0.1, -0.05) is 6.92 Å². The summed E-state index contributed by atoms with van der Waals surface area (Å²) in [5.74, 6) is 0.828. The Bertz CT molecular complexity index is 445. The molecule has 3 atom stereocenters. The van der Waals surface area contributed by atoms with Crippen molar-refractivity contribution in [2.45, 2.75) is 70.5 Å². The zero-order valence-electron chi connectivity index (χ0n) is 13.6. The van der Waals surface area contributed by atoms with E-state index in [4.69, 9.17) is 4.98 Å². The number of nitrogens with one attached hydrogen (secondary N) is 1. The fourth-order valence-electron chi connectivity index (χ4n) is 4.20. The highest BCUT2D eigenvalue weighted by molar-refractivity contribution is 7.09. The number of thiazole rings is 1. The van der Waals surface area contributed by atoms with Gasteiger partial charge in [-0.05, 0) is 58.5 Å². The van der Waals surface area contributed by atoms with Crippen LogP contribution < -0.4 is 5.32 Å². The van der Waals surface area contributed by atoms with E-state index < -0.39 is 0 Å². The zero-order valence-corrected chi connectivity index (χ0v) is 14.5. The minimum Gasteiger partial charge on any atom is -0.313 e. The van der Waals surface area contributed by atoms with Crippen molar-refractivity contribution in [1.29, 1.82) is 0 Å². The molecule has 1 aromatic heterocycles. The Morgan fingerprint density at radius 3 is 2.67 bits per heavy atom. The Morgan fingerprint density at radius 1 is 1.38 bits per heavy atom. The van der Waals surface area contributed by atoms with Crippen LogP contribution in [-0.4, -0.2) is 41.6 Å². The number of rotatable bonds is 6. The molecule has 1 N–H and O–H groups in total. The van der Waals surface area contributed by atoms with Crippen LogP contribution in [0.5, 0.6) is 0 Å². The fourth-order valence-corrected chi connectivity index (χ4v) is 5.03. The van der Waals surface area contributed by atoms with Gasteiger partial charge < -0.3 is 10.2 Å². The summed E-state index contributed by atoms with van der Waals surface area (Å²) in [5, 5.41) is 7.33. The van der Waals surface area contributed by atoms with Crippen LogP contribution >= 0.6 is 11.3 Å². The third-order valence-electron chi connectivity index (χ3n) is 5.42. The fraction of sp³-hybridized carbons (Fsp3) is 0.824. The SMILES string of the molecule is CCCNC(Cc1nc(C)cs1)C1CC2CCC(C1)N2C. The quantitative estimate of drug-likeness (QED) is 0.874. The highest BCUT2D eigenvalue weighted by atomic mass is 32.1. The third kappa shape index (κ3) is 3.49. The van der Waals surface area contributed by atoms with Crippen LogP contribution in [0, 0.1) is 12.8 Å². The van der Waals surface area contributed by atoms with Crippen molar-refractivity contribution >= 4 is 11.3 Å². The van der Waals surface area contributed by atoms with Gasteiger partial charge in [0.2, 0.25) is 0 Å². The number of aromatic nitrogens is 1. The summed E-state index contributed by atoms with van der Waals surface area (Å²) in [6.07, 6.45) is 7.90. The van der Waals surface area contributed by atoms with E-state index in [2.05, 4.69) is 36.5 Å². The molecule has 2 saturated heterocycles. The molecule has 0 amide bonds. The predicted octanol–water partition coefficient (Wildman–Crippen LogP) is 3.24. The lowest BCUT2D eigenvalue weighted by Gasteiger charge is -2.40. The molecular formula is C17H29N3S. The van der Waals surface area contributed by atoms with Crippen LogP contribution in [0.1, 0.15) is 49.7 Å². The molecule has 21 heavy (non-hydrogen) atoms. The molecule has 1 aromatic rings. The summed E-state index contributed by atoms with van der Waals surface area (Å²) in [4.78, 5) is 7.33. The van der Waals surface area contributed by atoms with Gasteiger partial charge in [-0.25, -0.2) is 4.98 Å². The minimum atomic E-state index is 0.618. The van der Waals surface area contributed by atoms with E-state index in [-0.39, 0.29) is 0 Å². The zero-order chi connectivity index (χ0) is 14.8. The van der Waals surface area contributed by atoms with Gasteiger partial charge in [-0.2, -0.15) is 0 Å². The van der Waals surface area contributed by atoms with Crippen LogP contribution in [0.2, 0.25) is 0 Å². The van der Waals surface area contributed by atoms with Crippen molar-refractivity contribution in [1.82, 2.24) is 15.2 Å². The second-order valence-corrected chi connectivity index (χ2v) is 7.87. The first kappa shape index (κ1) is 15.4. The van der Waals surface area contributed by atoms with Crippen LogP contribution in [-0.2, 0) is 6.42 Å². The van der Waals surface area contributed by atoms with E-state index in [1.807, 2.05) is 11.3 Å². The summed E-state index contributed by atoms with van der Waals surface area (Å²) in [6, 6.07) is 2.28. The first-order chi connectivity index (χ1) is 10.2. The highest BCUT2D eigenvalue weighted by Gasteiger charge is 2.40. The Hall–Kier alpha value is -0.450. The number of piperidine rings is 1. The van der Waals surface area contributed by atoms with Crippen LogP contribution in [0.15, 0.2) is 5.38 Å². The maximum atomic E-state index is 4.69. The molecule has 0 spiro atoms. The Morgan fingerprint density at radius 2 is 2.10 bits per heavy atom. The molecule has 2 aliphatic rings. The van der Waals surface area contributed by atoms with Crippen LogP contribution in [0.3, 0.4) is 0 Å². The van der Waals surface area contributed by atoms with Crippen LogP contribution in [0.4, 0.5) is 0 Å². The minimum absolute atomic E-state index is 0.618. The summed E-state index contributed by atoms with van der Waals surface area (Å²) < 4.78 is 0. The second-order valence-electron chi connectivity index (χ2n) is 6.93. The maximum Gasteiger partial charge on any atom is 0.0943 e. The van der Waals surface area contributed by atoms with E-state index >= 15 is 0 Å². The largest absolute Gasteiger partial charge is 0.313 e. The van der Waals surface area contributed by atoms with Gasteiger partial charge in [0.1, 0.15) is 0 Å². The molecule has 3 nitrogen and oxygen atoms in total. The monoisotopic (exact) mass is 307 g/mol. The average molecular weight is 308 g/mol. The molecule has 2 bridgehead atoms. The number of hydrogen-bond acceptors (Lipinski definition) is 4. The van der Waals surface area contributed by atoms with Crippen molar-refractivity contribution < 1.29 is 0 Å². The Balaban J connectivity index is 1.67. The summed E-state index contributed by atoms with van der Waals surface area (Å²) in [6.45, 7) is 5.50. The molecule has 0 radical (unpaired) electrons. The lowest BCUT2D eigenvalue weighted by atomic mass is 9.83. The van der Waals surface area contributed by atoms with Gasteiger partial charge in [-0.15, -0.1) is 11.3 Å². The lowest BCUT2D eigenvalue weighted by molar-refractivity contribution is 0.112. The first-order valence-corrected chi connectivity index (χ1v) is 9.41. The van der Waals surface area contributed by atoms with E-state index in [1.165, 1.54) is 42.8 Å². The van der Waals surface area contributed by atoms with Crippen molar-refractivity contribution in [2.75, 3.05) is 13.6 Å². The predicted molar refractivity (Wildman–Crippen MR) is 89.9 cm³/mol. The number of fused-ring (bicyclic) bond motifs is 2. The standard InChI is InChI=1S/C17H29N3S/c1-4-7-18-16(10-17-19-12(2)11-21-17)13-8-14-5-6-15(9-13)20(14)3/h11,13-16,18H,4-10H2,1-3H3. The van der Waals surface area contributed by atoms with Crippen molar-refractivity contribution in [3.8, 4) is 0 Å². The highest BCUT2D eigenvalue weighted by Crippen LogP contribution is 2.39. The number of nitrogens with zero attached hydrogens (tertiary/aromatic N) is 2. The summed E-state index contributed by atoms with van der Waals surface area (Å²) in [5.41, 5.74) is 1.17. The van der Waals surface area contributed by atoms with E-state index in [0.717, 1.165) is 31.0 Å². The van der Waals surface area contributed by atoms with Gasteiger partial charge in [0.05, 0.1) is 5.01 Å². The average Bonchev–Trinajstić information content (AvgIpc) is 2.94. The second kappa shape index (κ2) is 6.76. The molecule has 2 fully saturated rings. The lowest BCUT2D eigenvalue weighted by Crippen LogP contribution is -2.48. The number of aryl methyl sites for hydroxylation is 1. The van der Waals surface area contributed by atoms with Gasteiger partial charge in [0, 0.05) is 35.6 Å². The Labute approximate surface area is 133 Å². The van der Waals surface area contributed by atoms with Gasteiger partial charge in [0.25, 0.3) is 0 Å². The van der Waals surface area contributed by atoms with E-state index in [9.17, 15) is 0 Å². The molecule has 3 rings (SSSR count). The van der Waals surface area contributed by atoms with Crippen molar-refractivity contribution in [3.63, 3.8) is 0 Å². The molecule has 3 unspecified atom stereocenters. The van der Waals surface area contributed by atoms with Gasteiger partial charge in [-0.3, -0.25) is 0 Å². The maximum absolute atomic E-state index is 4.69. The van der Waals surface area contributed by atoms with E-state index in [0.29, 0.717) is 6.04 Å². The Kier molecular flexibility index (Phi) is 4.97. The molecule has 118 valence electrons. The first-order valence-electron chi connectivity index (χ1n) is 8.53. The molecular weight excluding hydrogens is 278 g/mol. The molecule has 0 saturated carbocycles. The summed E-state index contributed by atoms with van der Waals surface area (Å²) in [7, 11) is 2.33. The molecule has 0 aromatic carbocycles. The van der Waals surface area contributed by atoms with Gasteiger partial charge in [0.15, 0.2) is 0 Å². The van der Waals surface area contributed by atoms with Crippen molar-refractivity contribution in [3.05, 3.63) is 16.1 Å². The summed E-state index contributed by atoms with van der Waals surface area (Å²) >= 11 is 1.83. The van der Waals surface area contributed by atoms with Gasteiger partial charge >= 0.3 is 0 Å².